The van der Waals surface area contributed by atoms with Crippen LogP contribution < -0.4 is 20.5 Å². The number of carbonyl (C=O) groups excluding carboxylic acids is 1. The number of anilines is 1. The largest absolute Gasteiger partial charge is 0.486 e. The minimum Gasteiger partial charge on any atom is -0.486 e. The summed E-state index contributed by atoms with van der Waals surface area (Å²) in [6, 6.07) is 5.17. The third-order valence-corrected chi connectivity index (χ3v) is 3.01. The molecule has 3 N–H and O–H groups in total. The molecule has 5 nitrogen and oxygen atoms in total. The van der Waals surface area contributed by atoms with E-state index in [9.17, 15) is 4.79 Å². The van der Waals surface area contributed by atoms with Crippen molar-refractivity contribution in [1.29, 1.82) is 0 Å². The van der Waals surface area contributed by atoms with Crippen molar-refractivity contribution >= 4 is 11.6 Å². The van der Waals surface area contributed by atoms with Crippen molar-refractivity contribution in [3.8, 4) is 11.5 Å². The summed E-state index contributed by atoms with van der Waals surface area (Å²) in [5.74, 6) is 1.03. The zero-order valence-electron chi connectivity index (χ0n) is 10.6. The summed E-state index contributed by atoms with van der Waals surface area (Å²) in [7, 11) is 0. The monoisotopic (exact) mass is 250 g/mol. The van der Waals surface area contributed by atoms with E-state index < -0.39 is 0 Å². The third-order valence-electron chi connectivity index (χ3n) is 3.01. The molecule has 1 aromatic rings. The molecule has 0 aliphatic carbocycles. The third kappa shape index (κ3) is 2.73. The number of nitrogens with one attached hydrogen (secondary N) is 1. The van der Waals surface area contributed by atoms with Gasteiger partial charge in [-0.2, -0.15) is 0 Å². The van der Waals surface area contributed by atoms with E-state index in [-0.39, 0.29) is 17.9 Å². The van der Waals surface area contributed by atoms with Gasteiger partial charge in [0.2, 0.25) is 5.91 Å². The molecule has 5 heteroatoms. The van der Waals surface area contributed by atoms with Crippen LogP contribution in [0.5, 0.6) is 11.5 Å². The van der Waals surface area contributed by atoms with Gasteiger partial charge in [-0.05, 0) is 19.1 Å². The molecule has 0 spiro atoms. The van der Waals surface area contributed by atoms with Gasteiger partial charge in [0.25, 0.3) is 0 Å². The number of benzene rings is 1. The lowest BCUT2D eigenvalue weighted by Gasteiger charge is -2.20. The molecule has 2 atom stereocenters. The summed E-state index contributed by atoms with van der Waals surface area (Å²) >= 11 is 0. The number of carbonyl (C=O) groups is 1. The van der Waals surface area contributed by atoms with Crippen LogP contribution in [0, 0.1) is 5.92 Å². The molecule has 1 aliphatic rings. The van der Waals surface area contributed by atoms with Crippen LogP contribution in [-0.4, -0.2) is 25.2 Å². The van der Waals surface area contributed by atoms with E-state index in [0.717, 1.165) is 0 Å². The summed E-state index contributed by atoms with van der Waals surface area (Å²) < 4.78 is 10.9. The predicted molar refractivity (Wildman–Crippen MR) is 68.9 cm³/mol. The average molecular weight is 250 g/mol. The lowest BCUT2D eigenvalue weighted by atomic mass is 10.0. The molecule has 1 heterocycles. The molecule has 0 bridgehead atoms. The van der Waals surface area contributed by atoms with Gasteiger partial charge in [0.15, 0.2) is 11.5 Å². The van der Waals surface area contributed by atoms with Gasteiger partial charge in [0, 0.05) is 17.8 Å². The van der Waals surface area contributed by atoms with Crippen LogP contribution in [0.2, 0.25) is 0 Å². The van der Waals surface area contributed by atoms with Crippen LogP contribution in [0.3, 0.4) is 0 Å². The Hall–Kier alpha value is -1.75. The zero-order valence-corrected chi connectivity index (χ0v) is 10.6. The van der Waals surface area contributed by atoms with Crippen LogP contribution in [-0.2, 0) is 4.79 Å². The topological polar surface area (TPSA) is 73.6 Å². The Morgan fingerprint density at radius 3 is 2.61 bits per heavy atom. The van der Waals surface area contributed by atoms with E-state index in [2.05, 4.69) is 5.32 Å². The minimum atomic E-state index is -0.238. The van der Waals surface area contributed by atoms with Crippen molar-refractivity contribution < 1.29 is 14.3 Å². The second-order valence-electron chi connectivity index (χ2n) is 4.50. The highest BCUT2D eigenvalue weighted by Gasteiger charge is 2.18. The number of hydrogen-bond donors (Lipinski definition) is 2. The van der Waals surface area contributed by atoms with Gasteiger partial charge in [-0.15, -0.1) is 0 Å². The number of ether oxygens (including phenoxy) is 2. The first kappa shape index (κ1) is 12.7. The number of hydrogen-bond acceptors (Lipinski definition) is 4. The molecule has 2 unspecified atom stereocenters. The van der Waals surface area contributed by atoms with Gasteiger partial charge in [0.1, 0.15) is 13.2 Å². The molecule has 1 aromatic carbocycles. The van der Waals surface area contributed by atoms with Gasteiger partial charge >= 0.3 is 0 Å². The molecule has 0 fully saturated rings. The molecular formula is C13H18N2O3. The fourth-order valence-corrected chi connectivity index (χ4v) is 1.62. The first-order chi connectivity index (χ1) is 8.58. The summed E-state index contributed by atoms with van der Waals surface area (Å²) in [6.07, 6.45) is 0. The summed E-state index contributed by atoms with van der Waals surface area (Å²) in [5.41, 5.74) is 6.39. The van der Waals surface area contributed by atoms with Crippen molar-refractivity contribution in [3.05, 3.63) is 18.2 Å². The Morgan fingerprint density at radius 1 is 1.28 bits per heavy atom. The molecular weight excluding hydrogens is 232 g/mol. The van der Waals surface area contributed by atoms with E-state index in [0.29, 0.717) is 30.4 Å². The number of nitrogens with two attached hydrogens (primary N) is 1. The van der Waals surface area contributed by atoms with Crippen LogP contribution in [0.15, 0.2) is 18.2 Å². The maximum Gasteiger partial charge on any atom is 0.228 e. The van der Waals surface area contributed by atoms with E-state index in [1.54, 1.807) is 25.1 Å². The molecule has 2 rings (SSSR count). The predicted octanol–water partition coefficient (Wildman–Crippen LogP) is 1.38. The van der Waals surface area contributed by atoms with Gasteiger partial charge < -0.3 is 20.5 Å². The molecule has 0 aromatic heterocycles. The maximum atomic E-state index is 11.9. The highest BCUT2D eigenvalue weighted by Crippen LogP contribution is 2.32. The van der Waals surface area contributed by atoms with E-state index in [4.69, 9.17) is 15.2 Å². The lowest BCUT2D eigenvalue weighted by molar-refractivity contribution is -0.119. The van der Waals surface area contributed by atoms with E-state index in [1.807, 2.05) is 6.92 Å². The normalized spacial score (nSPS) is 16.8. The molecule has 0 radical (unpaired) electrons. The molecule has 98 valence electrons. The molecule has 1 amide bonds. The van der Waals surface area contributed by atoms with Crippen molar-refractivity contribution in [3.63, 3.8) is 0 Å². The fourth-order valence-electron chi connectivity index (χ4n) is 1.62. The lowest BCUT2D eigenvalue weighted by Crippen LogP contribution is -2.34. The second-order valence-corrected chi connectivity index (χ2v) is 4.50. The standard InChI is InChI=1S/C13H18N2O3/c1-8(9(2)14)13(16)15-10-3-4-11-12(7-10)18-6-5-17-11/h3-4,7-9H,5-6,14H2,1-2H3,(H,15,16). The van der Waals surface area contributed by atoms with Gasteiger partial charge in [-0.25, -0.2) is 0 Å². The minimum absolute atomic E-state index is 0.0957. The van der Waals surface area contributed by atoms with Gasteiger partial charge in [-0.3, -0.25) is 4.79 Å². The molecule has 18 heavy (non-hydrogen) atoms. The highest BCUT2D eigenvalue weighted by atomic mass is 16.6. The first-order valence-corrected chi connectivity index (χ1v) is 6.04. The number of amides is 1. The molecule has 0 saturated carbocycles. The van der Waals surface area contributed by atoms with Crippen LogP contribution in [0.1, 0.15) is 13.8 Å². The Labute approximate surface area is 106 Å². The summed E-state index contributed by atoms with van der Waals surface area (Å²) in [5, 5.41) is 2.82. The molecule has 0 saturated heterocycles. The Morgan fingerprint density at radius 2 is 1.94 bits per heavy atom. The number of fused-ring (bicyclic) bond motifs is 1. The maximum absolute atomic E-state index is 11.9. The van der Waals surface area contributed by atoms with Crippen molar-refractivity contribution in [2.24, 2.45) is 11.7 Å². The van der Waals surface area contributed by atoms with Crippen molar-refractivity contribution in [2.75, 3.05) is 18.5 Å². The van der Waals surface area contributed by atoms with Crippen molar-refractivity contribution in [1.82, 2.24) is 0 Å². The quantitative estimate of drug-likeness (QED) is 0.850. The SMILES string of the molecule is CC(N)C(C)C(=O)Nc1ccc2c(c1)OCCO2. The van der Waals surface area contributed by atoms with Crippen LogP contribution >= 0.6 is 0 Å². The smallest absolute Gasteiger partial charge is 0.228 e. The second kappa shape index (κ2) is 5.27. The van der Waals surface area contributed by atoms with Crippen LogP contribution in [0.4, 0.5) is 5.69 Å². The first-order valence-electron chi connectivity index (χ1n) is 6.04. The highest BCUT2D eigenvalue weighted by molar-refractivity contribution is 5.93. The fraction of sp³-hybridized carbons (Fsp3) is 0.462. The van der Waals surface area contributed by atoms with Crippen LogP contribution in [0.25, 0.3) is 0 Å². The van der Waals surface area contributed by atoms with E-state index >= 15 is 0 Å². The number of rotatable bonds is 3. The Balaban J connectivity index is 2.08. The zero-order chi connectivity index (χ0) is 13.1. The Kier molecular flexibility index (Phi) is 3.72. The Bertz CT molecular complexity index is 446. The molecule has 1 aliphatic heterocycles. The summed E-state index contributed by atoms with van der Waals surface area (Å²) in [4.78, 5) is 11.9. The summed E-state index contributed by atoms with van der Waals surface area (Å²) in [6.45, 7) is 4.70. The van der Waals surface area contributed by atoms with Gasteiger partial charge in [0.05, 0.1) is 5.92 Å². The van der Waals surface area contributed by atoms with Gasteiger partial charge in [-0.1, -0.05) is 6.92 Å². The van der Waals surface area contributed by atoms with E-state index in [1.165, 1.54) is 0 Å². The average Bonchev–Trinajstić information content (AvgIpc) is 2.37. The van der Waals surface area contributed by atoms with Crippen molar-refractivity contribution in [2.45, 2.75) is 19.9 Å².